The van der Waals surface area contributed by atoms with Gasteiger partial charge in [0.05, 0.1) is 24.7 Å². The van der Waals surface area contributed by atoms with Crippen molar-refractivity contribution in [2.75, 3.05) is 24.7 Å². The second-order valence-electron chi connectivity index (χ2n) is 6.42. The molecular formula is C20H28N4O8S2. The number of nitrogen functional groups attached to an aromatic ring is 2. The molecule has 0 atom stereocenters. The Hall–Kier alpha value is -3.14. The lowest BCUT2D eigenvalue weighted by atomic mass is 10.1. The fourth-order valence-electron chi connectivity index (χ4n) is 1.97. The van der Waals surface area contributed by atoms with Crippen LogP contribution in [0.25, 0.3) is 12.2 Å². The van der Waals surface area contributed by atoms with Crippen LogP contribution in [-0.4, -0.2) is 72.5 Å². The van der Waals surface area contributed by atoms with Crippen molar-refractivity contribution in [3.8, 4) is 0 Å². The Kier molecular flexibility index (Phi) is 13.5. The van der Waals surface area contributed by atoms with Gasteiger partial charge in [0.25, 0.3) is 20.2 Å². The molecule has 0 radical (unpaired) electrons. The van der Waals surface area contributed by atoms with E-state index in [4.69, 9.17) is 41.6 Å². The molecule has 0 fully saturated rings. The summed E-state index contributed by atoms with van der Waals surface area (Å²) in [5.41, 5.74) is 14.3. The predicted molar refractivity (Wildman–Crippen MR) is 131 cm³/mol. The number of hydrogen-bond acceptors (Lipinski definition) is 8. The van der Waals surface area contributed by atoms with E-state index in [1.165, 1.54) is 0 Å². The molecule has 0 aliphatic heterocycles. The smallest absolute Gasteiger partial charge is 0.267 e. The Morgan fingerprint density at radius 3 is 1.09 bits per heavy atom. The van der Waals surface area contributed by atoms with Gasteiger partial charge < -0.3 is 21.7 Å². The highest BCUT2D eigenvalue weighted by Gasteiger charge is 2.00. The molecule has 2 aromatic rings. The van der Waals surface area contributed by atoms with Gasteiger partial charge >= 0.3 is 0 Å². The maximum Gasteiger partial charge on any atom is 0.267 e. The summed E-state index contributed by atoms with van der Waals surface area (Å²) < 4.78 is 54.2. The zero-order valence-electron chi connectivity index (χ0n) is 18.0. The topological polar surface area (TPSA) is 249 Å². The first kappa shape index (κ1) is 30.9. The van der Waals surface area contributed by atoms with Gasteiger partial charge in [-0.15, -0.1) is 0 Å². The molecule has 14 heteroatoms. The third-order valence-corrected chi connectivity index (χ3v) is 5.01. The van der Waals surface area contributed by atoms with Gasteiger partial charge in [-0.25, -0.2) is 0 Å². The molecule has 0 spiro atoms. The van der Waals surface area contributed by atoms with E-state index in [2.05, 4.69) is 0 Å². The molecule has 188 valence electrons. The quantitative estimate of drug-likeness (QED) is 0.102. The molecule has 0 saturated heterocycles. The summed E-state index contributed by atoms with van der Waals surface area (Å²) in [6, 6.07) is 14.9. The van der Waals surface area contributed by atoms with Gasteiger partial charge in [0.2, 0.25) is 0 Å². The van der Waals surface area contributed by atoms with E-state index in [9.17, 15) is 16.8 Å². The first-order valence-electron chi connectivity index (χ1n) is 9.37. The highest BCUT2D eigenvalue weighted by atomic mass is 32.2. The van der Waals surface area contributed by atoms with E-state index >= 15 is 0 Å². The molecule has 34 heavy (non-hydrogen) atoms. The van der Waals surface area contributed by atoms with Gasteiger partial charge in [0, 0.05) is 11.1 Å². The molecule has 0 saturated carbocycles. The van der Waals surface area contributed by atoms with Crippen LogP contribution in [0.15, 0.2) is 48.5 Å². The van der Waals surface area contributed by atoms with E-state index in [1.54, 1.807) is 0 Å². The first-order chi connectivity index (χ1) is 15.7. The number of aliphatic hydroxyl groups is 2. The van der Waals surface area contributed by atoms with Crippen LogP contribution >= 0.6 is 0 Å². The zero-order chi connectivity index (χ0) is 26.4. The van der Waals surface area contributed by atoms with Crippen LogP contribution in [0.1, 0.15) is 22.3 Å². The van der Waals surface area contributed by atoms with Crippen LogP contribution in [0.4, 0.5) is 0 Å². The van der Waals surface area contributed by atoms with Gasteiger partial charge in [0.1, 0.15) is 11.7 Å². The molecule has 0 heterocycles. The van der Waals surface area contributed by atoms with Gasteiger partial charge in [-0.2, -0.15) is 16.8 Å². The average molecular weight is 517 g/mol. The highest BCUT2D eigenvalue weighted by Crippen LogP contribution is 2.11. The van der Waals surface area contributed by atoms with Crippen LogP contribution in [0.5, 0.6) is 0 Å². The van der Waals surface area contributed by atoms with Crippen molar-refractivity contribution in [2.45, 2.75) is 0 Å². The minimum atomic E-state index is -3.92. The molecule has 2 rings (SSSR count). The Morgan fingerprint density at radius 2 is 0.941 bits per heavy atom. The molecule has 0 bridgehead atoms. The largest absolute Gasteiger partial charge is 0.395 e. The molecule has 0 unspecified atom stereocenters. The minimum absolute atomic E-state index is 0.0698. The normalized spacial score (nSPS) is 11.1. The average Bonchev–Trinajstić information content (AvgIpc) is 2.72. The van der Waals surface area contributed by atoms with Crippen LogP contribution in [0, 0.1) is 10.8 Å². The minimum Gasteiger partial charge on any atom is -0.395 e. The van der Waals surface area contributed by atoms with Crippen molar-refractivity contribution < 1.29 is 36.2 Å². The number of rotatable bonds is 8. The first-order valence-corrected chi connectivity index (χ1v) is 12.6. The standard InChI is InChI=1S/C16H16N4.2C2H6O4S/c17-15(18)13-7-3-11(4-8-13)1-2-12-5-9-14(10-6-12)16(19)20;2*3-1-2-7(4,5)6/h1-10H,(H3,17,18)(H3,19,20);2*3H,1-2H2,(H,4,5,6). The second-order valence-corrected chi connectivity index (χ2v) is 9.57. The lowest BCUT2D eigenvalue weighted by Crippen LogP contribution is -2.10. The zero-order valence-corrected chi connectivity index (χ0v) is 19.6. The Morgan fingerprint density at radius 1 is 0.676 bits per heavy atom. The number of hydrogen-bond donors (Lipinski definition) is 8. The summed E-state index contributed by atoms with van der Waals surface area (Å²) in [6.07, 6.45) is 3.96. The highest BCUT2D eigenvalue weighted by molar-refractivity contribution is 7.86. The fourth-order valence-corrected chi connectivity index (χ4v) is 2.43. The molecule has 0 amide bonds. The van der Waals surface area contributed by atoms with Crippen LogP contribution in [-0.2, 0) is 20.2 Å². The fraction of sp³-hybridized carbons (Fsp3) is 0.200. The van der Waals surface area contributed by atoms with Crippen LogP contribution in [0.2, 0.25) is 0 Å². The number of nitrogens with two attached hydrogens (primary N) is 2. The summed E-state index contributed by atoms with van der Waals surface area (Å²) in [5, 5.41) is 30.4. The second kappa shape index (κ2) is 14.9. The van der Waals surface area contributed by atoms with E-state index in [-0.39, 0.29) is 11.7 Å². The molecule has 12 nitrogen and oxygen atoms in total. The van der Waals surface area contributed by atoms with Crippen molar-refractivity contribution in [2.24, 2.45) is 11.5 Å². The molecular weight excluding hydrogens is 488 g/mol. The molecule has 2 aromatic carbocycles. The summed E-state index contributed by atoms with van der Waals surface area (Å²) in [5.74, 6) is -1.01. The number of benzene rings is 2. The maximum atomic E-state index is 9.63. The summed E-state index contributed by atoms with van der Waals surface area (Å²) in [6.45, 7) is -1.06. The van der Waals surface area contributed by atoms with Gasteiger partial charge in [-0.1, -0.05) is 60.7 Å². The van der Waals surface area contributed by atoms with Crippen molar-refractivity contribution >= 4 is 44.1 Å². The summed E-state index contributed by atoms with van der Waals surface area (Å²) in [4.78, 5) is 0. The van der Waals surface area contributed by atoms with Crippen molar-refractivity contribution in [3.63, 3.8) is 0 Å². The van der Waals surface area contributed by atoms with Crippen LogP contribution in [0.3, 0.4) is 0 Å². The third kappa shape index (κ3) is 15.6. The maximum absolute atomic E-state index is 9.63. The van der Waals surface area contributed by atoms with Gasteiger partial charge in [-0.3, -0.25) is 19.9 Å². The lowest BCUT2D eigenvalue weighted by Gasteiger charge is -2.00. The Balaban J connectivity index is 0.000000642. The summed E-state index contributed by atoms with van der Waals surface area (Å²) >= 11 is 0. The van der Waals surface area contributed by atoms with Crippen LogP contribution < -0.4 is 11.5 Å². The SMILES string of the molecule is N=C(N)c1ccc(C=Cc2ccc(C(=N)N)cc2)cc1.O=S(=O)(O)CCO.O=S(=O)(O)CCO. The molecule has 10 N–H and O–H groups in total. The third-order valence-electron chi connectivity index (χ3n) is 3.61. The number of nitrogens with one attached hydrogen (secondary N) is 2. The van der Waals surface area contributed by atoms with Gasteiger partial charge in [0.15, 0.2) is 0 Å². The summed E-state index contributed by atoms with van der Waals surface area (Å²) in [7, 11) is -7.85. The van der Waals surface area contributed by atoms with Gasteiger partial charge in [-0.05, 0) is 11.1 Å². The molecule has 0 aromatic heterocycles. The lowest BCUT2D eigenvalue weighted by molar-refractivity contribution is 0.314. The van der Waals surface area contributed by atoms with Crippen molar-refractivity contribution in [3.05, 3.63) is 70.8 Å². The monoisotopic (exact) mass is 516 g/mol. The van der Waals surface area contributed by atoms with Crippen molar-refractivity contribution in [1.82, 2.24) is 0 Å². The number of amidine groups is 2. The van der Waals surface area contributed by atoms with E-state index < -0.39 is 45.0 Å². The molecule has 0 aliphatic rings. The Bertz CT molecular complexity index is 1070. The van der Waals surface area contributed by atoms with E-state index in [0.29, 0.717) is 11.1 Å². The Labute approximate surface area is 198 Å². The van der Waals surface area contributed by atoms with E-state index in [0.717, 1.165) is 11.1 Å². The van der Waals surface area contributed by atoms with E-state index in [1.807, 2.05) is 60.7 Å². The van der Waals surface area contributed by atoms with Crippen molar-refractivity contribution in [1.29, 1.82) is 10.8 Å². The predicted octanol–water partition coefficient (Wildman–Crippen LogP) is 0.158. The molecule has 0 aliphatic carbocycles. The number of aliphatic hydroxyl groups excluding tert-OH is 2.